The summed E-state index contributed by atoms with van der Waals surface area (Å²) >= 11 is 0. The molecule has 0 aliphatic heterocycles. The molecule has 3 aromatic rings. The molecule has 1 aromatic heterocycles. The van der Waals surface area contributed by atoms with Crippen LogP contribution in [0.2, 0.25) is 0 Å². The number of carboxylic acids is 1. The minimum atomic E-state index is -4.02. The lowest BCUT2D eigenvalue weighted by atomic mass is 10.1. The fourth-order valence-corrected chi connectivity index (χ4v) is 5.21. The van der Waals surface area contributed by atoms with E-state index >= 15 is 0 Å². The van der Waals surface area contributed by atoms with Gasteiger partial charge in [0.05, 0.1) is 0 Å². The molecule has 3 rings (SSSR count). The van der Waals surface area contributed by atoms with E-state index in [4.69, 9.17) is 9.15 Å². The number of hydrogen-bond acceptors (Lipinski definition) is 6. The number of aliphatic carboxylic acids is 1. The Labute approximate surface area is 212 Å². The van der Waals surface area contributed by atoms with Crippen molar-refractivity contribution in [3.8, 4) is 17.2 Å². The van der Waals surface area contributed by atoms with E-state index in [0.717, 1.165) is 19.7 Å². The van der Waals surface area contributed by atoms with Crippen molar-refractivity contribution in [1.82, 2.24) is 13.6 Å². The molecule has 1 atom stereocenters. The molecule has 1 heterocycles. The van der Waals surface area contributed by atoms with E-state index in [1.807, 2.05) is 38.1 Å². The number of aryl methyl sites for hydroxylation is 2. The Balaban J connectivity index is 1.79. The molecule has 194 valence electrons. The highest BCUT2D eigenvalue weighted by molar-refractivity contribution is 7.86. The van der Waals surface area contributed by atoms with E-state index in [-0.39, 0.29) is 12.6 Å². The van der Waals surface area contributed by atoms with Crippen LogP contribution in [0, 0.1) is 13.8 Å². The number of aromatic nitrogens is 1. The van der Waals surface area contributed by atoms with Gasteiger partial charge in [-0.2, -0.15) is 17.0 Å². The van der Waals surface area contributed by atoms with E-state index < -0.39 is 28.8 Å². The molecule has 2 aromatic carbocycles. The van der Waals surface area contributed by atoms with Crippen molar-refractivity contribution in [1.29, 1.82) is 0 Å². The lowest BCUT2D eigenvalue weighted by Gasteiger charge is -2.32. The summed E-state index contributed by atoms with van der Waals surface area (Å²) in [6.45, 7) is 8.44. The molecule has 0 amide bonds. The number of ether oxygens (including phenoxy) is 1. The molecule has 36 heavy (non-hydrogen) atoms. The topological polar surface area (TPSA) is 113 Å². The lowest BCUT2D eigenvalue weighted by molar-refractivity contribution is -0.137. The summed E-state index contributed by atoms with van der Waals surface area (Å²) in [4.78, 5) is 16.1. The van der Waals surface area contributed by atoms with Gasteiger partial charge in [0.25, 0.3) is 10.2 Å². The van der Waals surface area contributed by atoms with Crippen molar-refractivity contribution in [2.24, 2.45) is 0 Å². The molecule has 0 aliphatic rings. The smallest absolute Gasteiger partial charge is 0.318 e. The first kappa shape index (κ1) is 27.4. The zero-order valence-corrected chi connectivity index (χ0v) is 22.2. The van der Waals surface area contributed by atoms with Gasteiger partial charge in [-0.25, -0.2) is 4.98 Å². The summed E-state index contributed by atoms with van der Waals surface area (Å²) in [5, 5.41) is 9.39. The van der Waals surface area contributed by atoms with Crippen molar-refractivity contribution in [3.05, 3.63) is 71.1 Å². The summed E-state index contributed by atoms with van der Waals surface area (Å²) in [6.07, 6.45) is 0. The van der Waals surface area contributed by atoms with E-state index in [9.17, 15) is 18.3 Å². The lowest BCUT2D eigenvalue weighted by Crippen LogP contribution is -2.47. The largest absolute Gasteiger partial charge is 0.487 e. The molecule has 0 fully saturated rings. The zero-order chi connectivity index (χ0) is 26.6. The molecule has 0 bridgehead atoms. The molecule has 0 saturated heterocycles. The van der Waals surface area contributed by atoms with Crippen LogP contribution in [0.25, 0.3) is 11.5 Å². The van der Waals surface area contributed by atoms with Crippen LogP contribution in [-0.2, 0) is 21.6 Å². The molecule has 1 unspecified atom stereocenters. The van der Waals surface area contributed by atoms with Gasteiger partial charge in [-0.3, -0.25) is 4.79 Å². The predicted octanol–water partition coefficient (Wildman–Crippen LogP) is 4.57. The number of carboxylic acid groups (broad SMARTS) is 1. The van der Waals surface area contributed by atoms with Gasteiger partial charge >= 0.3 is 5.97 Å². The average Bonchev–Trinajstić information content (AvgIpc) is 3.21. The Morgan fingerprint density at radius 3 is 2.39 bits per heavy atom. The Morgan fingerprint density at radius 1 is 1.11 bits per heavy atom. The highest BCUT2D eigenvalue weighted by Crippen LogP contribution is 2.29. The third-order valence-electron chi connectivity index (χ3n) is 6.02. The first-order valence-electron chi connectivity index (χ1n) is 11.6. The van der Waals surface area contributed by atoms with Gasteiger partial charge in [0, 0.05) is 24.7 Å². The van der Waals surface area contributed by atoms with Gasteiger partial charge in [0.1, 0.15) is 30.4 Å². The van der Waals surface area contributed by atoms with Crippen molar-refractivity contribution in [3.63, 3.8) is 0 Å². The Kier molecular flexibility index (Phi) is 8.55. The summed E-state index contributed by atoms with van der Waals surface area (Å²) < 4.78 is 40.2. The normalized spacial score (nSPS) is 12.9. The first-order chi connectivity index (χ1) is 16.9. The van der Waals surface area contributed by atoms with Crippen molar-refractivity contribution < 1.29 is 27.5 Å². The Hall–Kier alpha value is -3.21. The standard InChI is InChI=1S/C26H33N3O6S/c1-17(2)28(6)36(32,33)29(15-25(30)31)19(4)22-8-7-9-23(14-22)34-16-24-20(5)35-26(27-24)21-12-10-18(3)11-13-21/h7-14,17,19H,15-16H2,1-6H3,(H,30,31). The Bertz CT molecular complexity index is 1300. The molecule has 1 N–H and O–H groups in total. The van der Waals surface area contributed by atoms with E-state index in [1.165, 1.54) is 7.05 Å². The van der Waals surface area contributed by atoms with Crippen LogP contribution in [0.15, 0.2) is 52.9 Å². The monoisotopic (exact) mass is 515 g/mol. The van der Waals surface area contributed by atoms with Gasteiger partial charge in [-0.05, 0) is 64.4 Å². The van der Waals surface area contributed by atoms with E-state index in [2.05, 4.69) is 4.98 Å². The van der Waals surface area contributed by atoms with Crippen LogP contribution in [0.3, 0.4) is 0 Å². The summed E-state index contributed by atoms with van der Waals surface area (Å²) in [5.74, 6) is 0.423. The second-order valence-corrected chi connectivity index (χ2v) is 10.9. The first-order valence-corrected chi connectivity index (χ1v) is 13.0. The quantitative estimate of drug-likeness (QED) is 0.398. The highest BCUT2D eigenvalue weighted by atomic mass is 32.2. The van der Waals surface area contributed by atoms with Crippen LogP contribution in [0.5, 0.6) is 5.75 Å². The summed E-state index contributed by atoms with van der Waals surface area (Å²) in [7, 11) is -2.58. The molecule has 0 spiro atoms. The zero-order valence-electron chi connectivity index (χ0n) is 21.4. The van der Waals surface area contributed by atoms with Gasteiger partial charge < -0.3 is 14.3 Å². The van der Waals surface area contributed by atoms with Crippen LogP contribution in [0.4, 0.5) is 0 Å². The molecule has 10 heteroatoms. The fourth-order valence-electron chi connectivity index (χ4n) is 3.55. The van der Waals surface area contributed by atoms with Gasteiger partial charge in [0.15, 0.2) is 0 Å². The van der Waals surface area contributed by atoms with E-state index in [0.29, 0.717) is 28.7 Å². The molecular weight excluding hydrogens is 482 g/mol. The number of nitrogens with zero attached hydrogens (tertiary/aromatic N) is 3. The van der Waals surface area contributed by atoms with Crippen LogP contribution in [0.1, 0.15) is 49.4 Å². The molecule has 0 aliphatic carbocycles. The predicted molar refractivity (Wildman–Crippen MR) is 137 cm³/mol. The van der Waals surface area contributed by atoms with Crippen molar-refractivity contribution >= 4 is 16.2 Å². The SMILES string of the molecule is Cc1ccc(-c2nc(COc3cccc(C(C)N(CC(=O)O)S(=O)(=O)N(C)C(C)C)c3)c(C)o2)cc1. The van der Waals surface area contributed by atoms with Crippen molar-refractivity contribution in [2.75, 3.05) is 13.6 Å². The number of oxazole rings is 1. The Morgan fingerprint density at radius 2 is 1.78 bits per heavy atom. The average molecular weight is 516 g/mol. The second-order valence-electron chi connectivity index (χ2n) is 8.98. The van der Waals surface area contributed by atoms with Gasteiger partial charge in [0.2, 0.25) is 5.89 Å². The van der Waals surface area contributed by atoms with Crippen LogP contribution >= 0.6 is 0 Å². The molecule has 9 nitrogen and oxygen atoms in total. The number of benzene rings is 2. The van der Waals surface area contributed by atoms with Gasteiger partial charge in [-0.1, -0.05) is 29.8 Å². The summed E-state index contributed by atoms with van der Waals surface area (Å²) in [6, 6.07) is 13.8. The highest BCUT2D eigenvalue weighted by Gasteiger charge is 2.34. The fraction of sp³-hybridized carbons (Fsp3) is 0.385. The third kappa shape index (κ3) is 6.31. The third-order valence-corrected chi connectivity index (χ3v) is 8.21. The minimum Gasteiger partial charge on any atom is -0.487 e. The van der Waals surface area contributed by atoms with Gasteiger partial charge in [-0.15, -0.1) is 0 Å². The number of hydrogen-bond donors (Lipinski definition) is 1. The second kappa shape index (κ2) is 11.2. The molecular formula is C26H33N3O6S. The maximum absolute atomic E-state index is 13.1. The number of carbonyl (C=O) groups is 1. The summed E-state index contributed by atoms with van der Waals surface area (Å²) in [5.41, 5.74) is 3.27. The molecule has 0 saturated carbocycles. The minimum absolute atomic E-state index is 0.159. The number of rotatable bonds is 11. The van der Waals surface area contributed by atoms with Crippen LogP contribution in [-0.4, -0.2) is 52.7 Å². The molecule has 0 radical (unpaired) electrons. The maximum atomic E-state index is 13.1. The van der Waals surface area contributed by atoms with Crippen LogP contribution < -0.4 is 4.74 Å². The maximum Gasteiger partial charge on any atom is 0.318 e. The van der Waals surface area contributed by atoms with E-state index in [1.54, 1.807) is 45.0 Å². The van der Waals surface area contributed by atoms with Crippen molar-refractivity contribution in [2.45, 2.75) is 53.3 Å².